The quantitative estimate of drug-likeness (QED) is 0.211. The summed E-state index contributed by atoms with van der Waals surface area (Å²) in [7, 11) is 1.73. The lowest BCUT2D eigenvalue weighted by molar-refractivity contribution is 0.192. The van der Waals surface area contributed by atoms with Gasteiger partial charge in [0.15, 0.2) is 5.96 Å². The third-order valence-electron chi connectivity index (χ3n) is 4.04. The molecule has 1 aromatic carbocycles. The molecule has 0 atom stereocenters. The van der Waals surface area contributed by atoms with Crippen molar-refractivity contribution >= 4 is 40.8 Å². The third kappa shape index (κ3) is 7.49. The number of ether oxygens (including phenoxy) is 1. The second-order valence-corrected chi connectivity index (χ2v) is 5.99. The highest BCUT2D eigenvalue weighted by Gasteiger charge is 2.05. The summed E-state index contributed by atoms with van der Waals surface area (Å²) in [5.74, 6) is 0.631. The summed E-state index contributed by atoms with van der Waals surface area (Å²) in [5, 5.41) is 7.70. The molecule has 0 aliphatic rings. The van der Waals surface area contributed by atoms with Gasteiger partial charge in [-0.15, -0.1) is 24.0 Å². The van der Waals surface area contributed by atoms with Crippen LogP contribution in [0.25, 0.3) is 10.9 Å². The molecule has 1 heterocycles. The number of unbranched alkanes of at least 4 members (excludes halogenated alkanes) is 2. The Morgan fingerprint density at radius 2 is 2.08 bits per heavy atom. The van der Waals surface area contributed by atoms with Gasteiger partial charge in [0.1, 0.15) is 5.82 Å². The number of hydrogen-bond acceptors (Lipinski definition) is 2. The van der Waals surface area contributed by atoms with Gasteiger partial charge >= 0.3 is 0 Å². The monoisotopic (exact) mass is 476 g/mol. The molecule has 2 aromatic rings. The van der Waals surface area contributed by atoms with E-state index in [0.717, 1.165) is 68.8 Å². The Balaban J connectivity index is 0.00000338. The maximum atomic E-state index is 13.2. The van der Waals surface area contributed by atoms with E-state index in [-0.39, 0.29) is 29.8 Å². The number of nitrogens with one attached hydrogen (secondary N) is 3. The fraction of sp³-hybridized carbons (Fsp3) is 0.526. The number of aliphatic imine (C=N–C) groups is 1. The Kier molecular flexibility index (Phi) is 11.3. The predicted octanol–water partition coefficient (Wildman–Crippen LogP) is 3.84. The minimum Gasteiger partial charge on any atom is -0.385 e. The van der Waals surface area contributed by atoms with Crippen LogP contribution in [0.2, 0.25) is 0 Å². The molecule has 0 aliphatic heterocycles. The molecule has 0 saturated heterocycles. The molecule has 0 fully saturated rings. The zero-order valence-electron chi connectivity index (χ0n) is 15.6. The van der Waals surface area contributed by atoms with Gasteiger partial charge in [0.25, 0.3) is 0 Å². The lowest BCUT2D eigenvalue weighted by Gasteiger charge is -2.11. The van der Waals surface area contributed by atoms with Crippen LogP contribution in [0.1, 0.15) is 31.7 Å². The van der Waals surface area contributed by atoms with Gasteiger partial charge in [-0.25, -0.2) is 4.39 Å². The van der Waals surface area contributed by atoms with Crippen molar-refractivity contribution in [3.8, 4) is 0 Å². The van der Waals surface area contributed by atoms with Gasteiger partial charge in [0.05, 0.1) is 0 Å². The summed E-state index contributed by atoms with van der Waals surface area (Å²) >= 11 is 0. The first-order chi connectivity index (χ1) is 12.2. The van der Waals surface area contributed by atoms with Crippen LogP contribution in [-0.2, 0) is 11.2 Å². The maximum Gasteiger partial charge on any atom is 0.191 e. The van der Waals surface area contributed by atoms with Crippen LogP contribution in [0.15, 0.2) is 29.4 Å². The number of hydrogen-bond donors (Lipinski definition) is 3. The number of guanidine groups is 1. The van der Waals surface area contributed by atoms with Crippen LogP contribution in [0.4, 0.5) is 4.39 Å². The number of rotatable bonds is 10. The van der Waals surface area contributed by atoms with E-state index < -0.39 is 0 Å². The van der Waals surface area contributed by atoms with Crippen molar-refractivity contribution in [2.45, 2.75) is 32.6 Å². The zero-order chi connectivity index (χ0) is 17.9. The molecule has 0 amide bonds. The van der Waals surface area contributed by atoms with Crippen molar-refractivity contribution < 1.29 is 9.13 Å². The highest BCUT2D eigenvalue weighted by Crippen LogP contribution is 2.19. The molecule has 0 spiro atoms. The molecule has 0 aliphatic carbocycles. The Morgan fingerprint density at radius 3 is 2.85 bits per heavy atom. The molecular formula is C19H30FIN4O. The Morgan fingerprint density at radius 1 is 1.23 bits per heavy atom. The number of nitrogens with zero attached hydrogens (tertiary/aromatic N) is 1. The molecule has 0 unspecified atom stereocenters. The molecule has 1 aromatic heterocycles. The van der Waals surface area contributed by atoms with Crippen LogP contribution in [0, 0.1) is 5.82 Å². The van der Waals surface area contributed by atoms with E-state index in [1.54, 1.807) is 7.11 Å². The van der Waals surface area contributed by atoms with Crippen molar-refractivity contribution in [2.75, 3.05) is 33.4 Å². The van der Waals surface area contributed by atoms with Crippen molar-refractivity contribution in [3.05, 3.63) is 35.8 Å². The molecule has 26 heavy (non-hydrogen) atoms. The largest absolute Gasteiger partial charge is 0.385 e. The normalized spacial score (nSPS) is 11.4. The molecule has 0 saturated carbocycles. The summed E-state index contributed by atoms with van der Waals surface area (Å²) in [5.41, 5.74) is 2.02. The van der Waals surface area contributed by atoms with E-state index in [1.807, 2.05) is 12.3 Å². The van der Waals surface area contributed by atoms with Gasteiger partial charge in [0, 0.05) is 50.5 Å². The van der Waals surface area contributed by atoms with E-state index in [0.29, 0.717) is 0 Å². The molecule has 3 N–H and O–H groups in total. The first-order valence-corrected chi connectivity index (χ1v) is 9.01. The van der Waals surface area contributed by atoms with Crippen molar-refractivity contribution in [3.63, 3.8) is 0 Å². The van der Waals surface area contributed by atoms with Crippen LogP contribution < -0.4 is 10.6 Å². The van der Waals surface area contributed by atoms with E-state index in [4.69, 9.17) is 4.74 Å². The second kappa shape index (κ2) is 12.9. The van der Waals surface area contributed by atoms with Gasteiger partial charge in [-0.1, -0.05) is 0 Å². The van der Waals surface area contributed by atoms with E-state index in [2.05, 4.69) is 27.5 Å². The van der Waals surface area contributed by atoms with E-state index >= 15 is 0 Å². The number of fused-ring (bicyclic) bond motifs is 1. The fourth-order valence-corrected chi connectivity index (χ4v) is 2.75. The van der Waals surface area contributed by atoms with Gasteiger partial charge in [-0.05, 0) is 56.4 Å². The summed E-state index contributed by atoms with van der Waals surface area (Å²) in [6.07, 6.45) is 6.07. The molecule has 2 rings (SSSR count). The van der Waals surface area contributed by atoms with Crippen LogP contribution in [0.5, 0.6) is 0 Å². The van der Waals surface area contributed by atoms with Crippen molar-refractivity contribution in [2.24, 2.45) is 4.99 Å². The SMILES string of the molecule is CCNC(=NCCCCCOC)NCCc1c[nH]c2cc(F)ccc12.I. The Bertz CT molecular complexity index is 675. The summed E-state index contributed by atoms with van der Waals surface area (Å²) in [6, 6.07) is 4.86. The predicted molar refractivity (Wildman–Crippen MR) is 117 cm³/mol. The van der Waals surface area contributed by atoms with Crippen LogP contribution in [0.3, 0.4) is 0 Å². The van der Waals surface area contributed by atoms with Gasteiger partial charge in [0.2, 0.25) is 0 Å². The van der Waals surface area contributed by atoms with Gasteiger partial charge < -0.3 is 20.4 Å². The fourth-order valence-electron chi connectivity index (χ4n) is 2.75. The Hall–Kier alpha value is -1.35. The van der Waals surface area contributed by atoms with Crippen LogP contribution >= 0.6 is 24.0 Å². The highest BCUT2D eigenvalue weighted by molar-refractivity contribution is 14.0. The highest BCUT2D eigenvalue weighted by atomic mass is 127. The summed E-state index contributed by atoms with van der Waals surface area (Å²) in [4.78, 5) is 7.73. The second-order valence-electron chi connectivity index (χ2n) is 5.99. The zero-order valence-corrected chi connectivity index (χ0v) is 17.9. The van der Waals surface area contributed by atoms with Crippen molar-refractivity contribution in [1.82, 2.24) is 15.6 Å². The third-order valence-corrected chi connectivity index (χ3v) is 4.04. The summed E-state index contributed by atoms with van der Waals surface area (Å²) < 4.78 is 18.3. The lowest BCUT2D eigenvalue weighted by atomic mass is 10.1. The Labute approximate surface area is 172 Å². The molecule has 7 heteroatoms. The molecule has 146 valence electrons. The van der Waals surface area contributed by atoms with Gasteiger partial charge in [-0.2, -0.15) is 0 Å². The minimum atomic E-state index is -0.217. The molecule has 5 nitrogen and oxygen atoms in total. The van der Waals surface area contributed by atoms with Crippen molar-refractivity contribution in [1.29, 1.82) is 0 Å². The maximum absolute atomic E-state index is 13.2. The van der Waals surface area contributed by atoms with E-state index in [1.165, 1.54) is 17.7 Å². The summed E-state index contributed by atoms with van der Waals surface area (Å²) in [6.45, 7) is 5.30. The standard InChI is InChI=1S/C19H29FN4O.HI/c1-3-21-19(22-10-5-4-6-12-25-2)23-11-9-15-14-24-18-13-16(20)7-8-17(15)18;/h7-8,13-14,24H,3-6,9-12H2,1-2H3,(H2,21,22,23);1H. The number of halogens is 2. The minimum absolute atomic E-state index is 0. The number of benzene rings is 1. The molecule has 0 bridgehead atoms. The van der Waals surface area contributed by atoms with Crippen LogP contribution in [-0.4, -0.2) is 44.3 Å². The van der Waals surface area contributed by atoms with Gasteiger partial charge in [-0.3, -0.25) is 4.99 Å². The number of H-pyrrole nitrogens is 1. The lowest BCUT2D eigenvalue weighted by Crippen LogP contribution is -2.38. The average Bonchev–Trinajstić information content (AvgIpc) is 3.00. The van der Waals surface area contributed by atoms with E-state index in [9.17, 15) is 4.39 Å². The molecular weight excluding hydrogens is 446 g/mol. The smallest absolute Gasteiger partial charge is 0.191 e. The topological polar surface area (TPSA) is 61.4 Å². The first-order valence-electron chi connectivity index (χ1n) is 9.01. The number of aromatic nitrogens is 1. The number of methoxy groups -OCH3 is 1. The molecule has 0 radical (unpaired) electrons. The first kappa shape index (κ1) is 22.7. The number of aromatic amines is 1. The average molecular weight is 476 g/mol.